The van der Waals surface area contributed by atoms with Crippen molar-refractivity contribution in [2.45, 2.75) is 26.9 Å². The van der Waals surface area contributed by atoms with E-state index >= 15 is 0 Å². The van der Waals surface area contributed by atoms with E-state index in [1.807, 2.05) is 11.8 Å². The van der Waals surface area contributed by atoms with Crippen LogP contribution in [0.1, 0.15) is 16.8 Å². The van der Waals surface area contributed by atoms with E-state index in [4.69, 9.17) is 11.6 Å². The largest absolute Gasteiger partial charge is 0.339 e. The van der Waals surface area contributed by atoms with Gasteiger partial charge in [0.05, 0.1) is 16.9 Å². The van der Waals surface area contributed by atoms with Crippen LogP contribution in [0.15, 0.2) is 30.5 Å². The van der Waals surface area contributed by atoms with Crippen molar-refractivity contribution in [1.29, 1.82) is 0 Å². The lowest BCUT2D eigenvalue weighted by atomic mass is 10.1. The maximum absolute atomic E-state index is 12.4. The molecular weight excluding hydrogens is 324 g/mol. The summed E-state index contributed by atoms with van der Waals surface area (Å²) in [6.07, 6.45) is 1.59. The van der Waals surface area contributed by atoms with Crippen LogP contribution in [0.3, 0.4) is 0 Å². The van der Waals surface area contributed by atoms with Crippen molar-refractivity contribution in [2.75, 3.05) is 26.2 Å². The van der Waals surface area contributed by atoms with Gasteiger partial charge in [-0.1, -0.05) is 41.4 Å². The third-order valence-electron chi connectivity index (χ3n) is 4.54. The lowest BCUT2D eigenvalue weighted by molar-refractivity contribution is -0.133. The zero-order valence-electron chi connectivity index (χ0n) is 14.2. The zero-order chi connectivity index (χ0) is 17.1. The molecule has 24 heavy (non-hydrogen) atoms. The normalized spacial score (nSPS) is 15.7. The van der Waals surface area contributed by atoms with Crippen molar-refractivity contribution in [3.05, 3.63) is 52.3 Å². The Kier molecular flexibility index (Phi) is 5.21. The van der Waals surface area contributed by atoms with Gasteiger partial charge in [0.2, 0.25) is 5.91 Å². The molecular formula is C18H23ClN4O. The van der Waals surface area contributed by atoms with Crippen LogP contribution in [0.25, 0.3) is 0 Å². The molecule has 0 unspecified atom stereocenters. The SMILES string of the molecule is Cc1cccc(CN2CCN(C(=O)Cn3ncc(Cl)c3C)CC2)c1. The molecule has 0 atom stereocenters. The summed E-state index contributed by atoms with van der Waals surface area (Å²) < 4.78 is 1.67. The fourth-order valence-electron chi connectivity index (χ4n) is 3.04. The van der Waals surface area contributed by atoms with Gasteiger partial charge in [0.25, 0.3) is 0 Å². The summed E-state index contributed by atoms with van der Waals surface area (Å²) in [6, 6.07) is 8.60. The van der Waals surface area contributed by atoms with Crippen molar-refractivity contribution < 1.29 is 4.79 Å². The Morgan fingerprint density at radius 3 is 2.58 bits per heavy atom. The Morgan fingerprint density at radius 1 is 1.21 bits per heavy atom. The number of aryl methyl sites for hydroxylation is 1. The number of hydrogen-bond acceptors (Lipinski definition) is 3. The molecule has 1 aromatic carbocycles. The topological polar surface area (TPSA) is 41.4 Å². The first-order valence-corrected chi connectivity index (χ1v) is 8.64. The van der Waals surface area contributed by atoms with Gasteiger partial charge in [0.15, 0.2) is 0 Å². The number of hydrogen-bond donors (Lipinski definition) is 0. The summed E-state index contributed by atoms with van der Waals surface area (Å²) in [6.45, 7) is 8.52. The van der Waals surface area contributed by atoms with Crippen LogP contribution >= 0.6 is 11.6 Å². The number of piperazine rings is 1. The van der Waals surface area contributed by atoms with Gasteiger partial charge in [-0.3, -0.25) is 14.4 Å². The Labute approximate surface area is 147 Å². The second kappa shape index (κ2) is 7.36. The number of amides is 1. The molecule has 0 aliphatic carbocycles. The highest BCUT2D eigenvalue weighted by atomic mass is 35.5. The molecule has 1 aliphatic heterocycles. The molecule has 6 heteroatoms. The van der Waals surface area contributed by atoms with Crippen molar-refractivity contribution in [2.24, 2.45) is 0 Å². The lowest BCUT2D eigenvalue weighted by Gasteiger charge is -2.34. The van der Waals surface area contributed by atoms with Crippen LogP contribution in [0, 0.1) is 13.8 Å². The van der Waals surface area contributed by atoms with Gasteiger partial charge in [0.1, 0.15) is 6.54 Å². The van der Waals surface area contributed by atoms with Crippen LogP contribution < -0.4 is 0 Å². The van der Waals surface area contributed by atoms with Gasteiger partial charge in [-0.15, -0.1) is 0 Å². The van der Waals surface area contributed by atoms with E-state index in [9.17, 15) is 4.79 Å². The van der Waals surface area contributed by atoms with Crippen LogP contribution in [-0.2, 0) is 17.9 Å². The Balaban J connectivity index is 1.51. The quantitative estimate of drug-likeness (QED) is 0.854. The highest BCUT2D eigenvalue weighted by Crippen LogP contribution is 2.14. The number of aromatic nitrogens is 2. The number of rotatable bonds is 4. The van der Waals surface area contributed by atoms with E-state index in [2.05, 4.69) is 41.2 Å². The maximum Gasteiger partial charge on any atom is 0.244 e. The first-order chi connectivity index (χ1) is 11.5. The predicted octanol–water partition coefficient (Wildman–Crippen LogP) is 2.50. The summed E-state index contributed by atoms with van der Waals surface area (Å²) in [4.78, 5) is 16.8. The summed E-state index contributed by atoms with van der Waals surface area (Å²) in [5.41, 5.74) is 3.45. The van der Waals surface area contributed by atoms with Crippen molar-refractivity contribution >= 4 is 17.5 Å². The molecule has 3 rings (SSSR count). The van der Waals surface area contributed by atoms with Crippen LogP contribution in [-0.4, -0.2) is 51.7 Å². The fraction of sp³-hybridized carbons (Fsp3) is 0.444. The molecule has 2 heterocycles. The third kappa shape index (κ3) is 3.97. The highest BCUT2D eigenvalue weighted by Gasteiger charge is 2.22. The van der Waals surface area contributed by atoms with E-state index in [-0.39, 0.29) is 12.5 Å². The van der Waals surface area contributed by atoms with E-state index in [1.165, 1.54) is 11.1 Å². The fourth-order valence-corrected chi connectivity index (χ4v) is 3.18. The minimum atomic E-state index is 0.105. The molecule has 0 bridgehead atoms. The third-order valence-corrected chi connectivity index (χ3v) is 4.91. The molecule has 1 aliphatic rings. The number of benzene rings is 1. The molecule has 1 amide bonds. The number of carbonyl (C=O) groups excluding carboxylic acids is 1. The summed E-state index contributed by atoms with van der Waals surface area (Å²) in [5, 5.41) is 4.76. The number of halogens is 1. The Hall–Kier alpha value is -1.85. The minimum Gasteiger partial charge on any atom is -0.339 e. The Morgan fingerprint density at radius 2 is 1.96 bits per heavy atom. The molecule has 0 saturated carbocycles. The second-order valence-corrected chi connectivity index (χ2v) is 6.79. The standard InChI is InChI=1S/C18H23ClN4O/c1-14-4-3-5-16(10-14)12-21-6-8-22(9-7-21)18(24)13-23-15(2)17(19)11-20-23/h3-5,10-11H,6-9,12-13H2,1-2H3. The molecule has 1 aromatic heterocycles. The van der Waals surface area contributed by atoms with Gasteiger partial charge in [-0.25, -0.2) is 0 Å². The summed E-state index contributed by atoms with van der Waals surface area (Å²) >= 11 is 5.99. The highest BCUT2D eigenvalue weighted by molar-refractivity contribution is 6.31. The summed E-state index contributed by atoms with van der Waals surface area (Å²) in [5.74, 6) is 0.105. The molecule has 1 fully saturated rings. The van der Waals surface area contributed by atoms with Gasteiger partial charge >= 0.3 is 0 Å². The number of nitrogens with zero attached hydrogens (tertiary/aromatic N) is 4. The monoisotopic (exact) mass is 346 g/mol. The van der Waals surface area contributed by atoms with Crippen LogP contribution in [0.2, 0.25) is 5.02 Å². The van der Waals surface area contributed by atoms with E-state index in [1.54, 1.807) is 10.9 Å². The molecule has 2 aromatic rings. The van der Waals surface area contributed by atoms with Crippen LogP contribution in [0.5, 0.6) is 0 Å². The van der Waals surface area contributed by atoms with Crippen molar-refractivity contribution in [1.82, 2.24) is 19.6 Å². The molecule has 128 valence electrons. The van der Waals surface area contributed by atoms with Crippen LogP contribution in [0.4, 0.5) is 0 Å². The van der Waals surface area contributed by atoms with Gasteiger partial charge in [-0.05, 0) is 19.4 Å². The zero-order valence-corrected chi connectivity index (χ0v) is 15.0. The van der Waals surface area contributed by atoms with E-state index < -0.39 is 0 Å². The minimum absolute atomic E-state index is 0.105. The first-order valence-electron chi connectivity index (χ1n) is 8.26. The molecule has 0 radical (unpaired) electrons. The average Bonchev–Trinajstić information content (AvgIpc) is 2.87. The van der Waals surface area contributed by atoms with Gasteiger partial charge < -0.3 is 4.90 Å². The summed E-state index contributed by atoms with van der Waals surface area (Å²) in [7, 11) is 0. The molecule has 0 N–H and O–H groups in total. The molecule has 5 nitrogen and oxygen atoms in total. The molecule has 1 saturated heterocycles. The predicted molar refractivity (Wildman–Crippen MR) is 95.0 cm³/mol. The van der Waals surface area contributed by atoms with Gasteiger partial charge in [-0.2, -0.15) is 5.10 Å². The van der Waals surface area contributed by atoms with Crippen molar-refractivity contribution in [3.63, 3.8) is 0 Å². The van der Waals surface area contributed by atoms with Crippen molar-refractivity contribution in [3.8, 4) is 0 Å². The second-order valence-electron chi connectivity index (χ2n) is 6.38. The average molecular weight is 347 g/mol. The first kappa shape index (κ1) is 17.0. The lowest BCUT2D eigenvalue weighted by Crippen LogP contribution is -2.49. The smallest absolute Gasteiger partial charge is 0.244 e. The van der Waals surface area contributed by atoms with Gasteiger partial charge in [0, 0.05) is 32.7 Å². The number of carbonyl (C=O) groups is 1. The van der Waals surface area contributed by atoms with E-state index in [0.717, 1.165) is 38.4 Å². The van der Waals surface area contributed by atoms with E-state index in [0.29, 0.717) is 5.02 Å². The molecule has 0 spiro atoms. The maximum atomic E-state index is 12.4. The Bertz CT molecular complexity index is 720.